The minimum absolute atomic E-state index is 0.140. The maximum Gasteiger partial charge on any atom is 0.274 e. The van der Waals surface area contributed by atoms with Crippen LogP contribution in [0.25, 0.3) is 0 Å². The van der Waals surface area contributed by atoms with Gasteiger partial charge in [0.15, 0.2) is 0 Å². The third-order valence-electron chi connectivity index (χ3n) is 4.72. The van der Waals surface area contributed by atoms with Gasteiger partial charge in [0.05, 0.1) is 12.4 Å². The van der Waals surface area contributed by atoms with Crippen molar-refractivity contribution in [3.8, 4) is 0 Å². The van der Waals surface area contributed by atoms with Crippen LogP contribution in [0.15, 0.2) is 53.5 Å². The van der Waals surface area contributed by atoms with Gasteiger partial charge in [-0.1, -0.05) is 29.8 Å². The normalized spacial score (nSPS) is 17.1. The quantitative estimate of drug-likeness (QED) is 0.679. The molecular formula is C20H19ClN4O2. The summed E-state index contributed by atoms with van der Waals surface area (Å²) in [7, 11) is 0. The molecule has 1 saturated heterocycles. The Balaban J connectivity index is 1.55. The number of hydrogen-bond donors (Lipinski definition) is 0. The first-order valence-corrected chi connectivity index (χ1v) is 9.35. The number of hydrogen-bond acceptors (Lipinski definition) is 5. The summed E-state index contributed by atoms with van der Waals surface area (Å²) in [5.74, 6) is 1.16. The number of nitrogens with zero attached hydrogens (tertiary/aromatic N) is 4. The number of likely N-dealkylation sites (tertiary alicyclic amines) is 1. The molecule has 0 radical (unpaired) electrons. The number of rotatable bonds is 4. The van der Waals surface area contributed by atoms with Crippen molar-refractivity contribution in [2.75, 3.05) is 6.54 Å². The van der Waals surface area contributed by atoms with Crippen molar-refractivity contribution < 1.29 is 9.21 Å². The standard InChI is InChI=1S/C20H19ClN4O2/c21-16-6-2-1-5-14(16)11-15-12-24-19(27-15)18-7-3-4-10-25(18)20(26)17-13-22-8-9-23-17/h1-2,5-6,8-9,12-13,18H,3-4,7,10-11H2. The molecule has 138 valence electrons. The minimum atomic E-state index is -0.187. The fourth-order valence-corrected chi connectivity index (χ4v) is 3.58. The molecule has 1 aromatic carbocycles. The second-order valence-electron chi connectivity index (χ2n) is 6.53. The summed E-state index contributed by atoms with van der Waals surface area (Å²) < 4.78 is 6.00. The van der Waals surface area contributed by atoms with Gasteiger partial charge in [-0.15, -0.1) is 0 Å². The molecule has 7 heteroatoms. The zero-order valence-electron chi connectivity index (χ0n) is 14.7. The van der Waals surface area contributed by atoms with Crippen LogP contribution in [0.4, 0.5) is 0 Å². The number of benzene rings is 1. The van der Waals surface area contributed by atoms with E-state index < -0.39 is 0 Å². The van der Waals surface area contributed by atoms with E-state index >= 15 is 0 Å². The highest BCUT2D eigenvalue weighted by Gasteiger charge is 2.32. The Morgan fingerprint density at radius 2 is 2.07 bits per heavy atom. The Kier molecular flexibility index (Phi) is 5.16. The number of aromatic nitrogens is 3. The minimum Gasteiger partial charge on any atom is -0.443 e. The van der Waals surface area contributed by atoms with Crippen LogP contribution >= 0.6 is 11.6 Å². The van der Waals surface area contributed by atoms with Crippen LogP contribution in [-0.4, -0.2) is 32.3 Å². The molecule has 0 N–H and O–H groups in total. The van der Waals surface area contributed by atoms with E-state index in [0.717, 1.165) is 30.6 Å². The second-order valence-corrected chi connectivity index (χ2v) is 6.94. The summed E-state index contributed by atoms with van der Waals surface area (Å²) in [6.45, 7) is 0.655. The van der Waals surface area contributed by atoms with Gasteiger partial charge in [-0.25, -0.2) is 9.97 Å². The van der Waals surface area contributed by atoms with Crippen molar-refractivity contribution in [1.29, 1.82) is 0 Å². The van der Waals surface area contributed by atoms with E-state index in [1.807, 2.05) is 24.3 Å². The molecule has 1 unspecified atom stereocenters. The Morgan fingerprint density at radius 3 is 2.89 bits per heavy atom. The average Bonchev–Trinajstić information content (AvgIpc) is 3.18. The van der Waals surface area contributed by atoms with Crippen LogP contribution in [0.1, 0.15) is 53.0 Å². The van der Waals surface area contributed by atoms with Crippen LogP contribution in [0.2, 0.25) is 5.02 Å². The SMILES string of the molecule is O=C(c1cnccn1)N1CCCCC1c1ncc(Cc2ccccc2Cl)o1. The van der Waals surface area contributed by atoms with Crippen LogP contribution in [0.3, 0.4) is 0 Å². The van der Waals surface area contributed by atoms with E-state index in [0.29, 0.717) is 29.6 Å². The van der Waals surface area contributed by atoms with Crippen molar-refractivity contribution in [3.63, 3.8) is 0 Å². The lowest BCUT2D eigenvalue weighted by molar-refractivity contribution is 0.0563. The van der Waals surface area contributed by atoms with E-state index in [1.54, 1.807) is 17.3 Å². The lowest BCUT2D eigenvalue weighted by Gasteiger charge is -2.33. The van der Waals surface area contributed by atoms with Gasteiger partial charge < -0.3 is 9.32 Å². The van der Waals surface area contributed by atoms with E-state index in [2.05, 4.69) is 15.0 Å². The summed E-state index contributed by atoms with van der Waals surface area (Å²) in [6.07, 6.45) is 9.66. The molecule has 27 heavy (non-hydrogen) atoms. The van der Waals surface area contributed by atoms with Crippen molar-refractivity contribution >= 4 is 17.5 Å². The van der Waals surface area contributed by atoms with Crippen LogP contribution in [0.5, 0.6) is 0 Å². The highest BCUT2D eigenvalue weighted by atomic mass is 35.5. The van der Waals surface area contributed by atoms with Crippen molar-refractivity contribution in [2.24, 2.45) is 0 Å². The molecule has 2 aromatic heterocycles. The van der Waals surface area contributed by atoms with Crippen LogP contribution in [-0.2, 0) is 6.42 Å². The largest absolute Gasteiger partial charge is 0.443 e. The monoisotopic (exact) mass is 382 g/mol. The molecule has 1 fully saturated rings. The summed E-state index contributed by atoms with van der Waals surface area (Å²) in [4.78, 5) is 27.2. The smallest absolute Gasteiger partial charge is 0.274 e. The highest BCUT2D eigenvalue weighted by molar-refractivity contribution is 6.31. The predicted molar refractivity (Wildman–Crippen MR) is 100 cm³/mol. The molecule has 0 spiro atoms. The van der Waals surface area contributed by atoms with Gasteiger partial charge in [0.1, 0.15) is 17.5 Å². The van der Waals surface area contributed by atoms with Crippen LogP contribution in [0, 0.1) is 0 Å². The van der Waals surface area contributed by atoms with Crippen molar-refractivity contribution in [3.05, 3.63) is 77.0 Å². The Morgan fingerprint density at radius 1 is 1.19 bits per heavy atom. The lowest BCUT2D eigenvalue weighted by Crippen LogP contribution is -2.39. The number of carbonyl (C=O) groups excluding carboxylic acids is 1. The molecule has 1 aliphatic heterocycles. The maximum absolute atomic E-state index is 12.9. The molecule has 0 saturated carbocycles. The maximum atomic E-state index is 12.9. The van der Waals surface area contributed by atoms with Crippen molar-refractivity contribution in [2.45, 2.75) is 31.7 Å². The van der Waals surface area contributed by atoms with E-state index in [-0.39, 0.29) is 11.9 Å². The Hall–Kier alpha value is -2.73. The molecule has 1 aliphatic rings. The van der Waals surface area contributed by atoms with Crippen molar-refractivity contribution in [1.82, 2.24) is 19.9 Å². The van der Waals surface area contributed by atoms with Gasteiger partial charge >= 0.3 is 0 Å². The summed E-state index contributed by atoms with van der Waals surface area (Å²) in [5, 5.41) is 0.701. The fraction of sp³-hybridized carbons (Fsp3) is 0.300. The first-order chi connectivity index (χ1) is 13.2. The topological polar surface area (TPSA) is 72.1 Å². The van der Waals surface area contributed by atoms with Gasteiger partial charge in [-0.3, -0.25) is 9.78 Å². The number of piperidine rings is 1. The summed E-state index contributed by atoms with van der Waals surface area (Å²) >= 11 is 6.23. The molecular weight excluding hydrogens is 364 g/mol. The summed E-state index contributed by atoms with van der Waals surface area (Å²) in [5.41, 5.74) is 1.32. The van der Waals surface area contributed by atoms with E-state index in [1.165, 1.54) is 12.4 Å². The molecule has 0 aliphatic carbocycles. The number of halogens is 1. The first kappa shape index (κ1) is 17.7. The van der Waals surface area contributed by atoms with Gasteiger partial charge in [0.25, 0.3) is 5.91 Å². The zero-order chi connectivity index (χ0) is 18.6. The highest BCUT2D eigenvalue weighted by Crippen LogP contribution is 2.32. The van der Waals surface area contributed by atoms with Gasteiger partial charge in [-0.2, -0.15) is 0 Å². The van der Waals surface area contributed by atoms with Crippen LogP contribution < -0.4 is 0 Å². The first-order valence-electron chi connectivity index (χ1n) is 8.97. The Labute approximate surface area is 162 Å². The number of amides is 1. The molecule has 1 amide bonds. The molecule has 3 heterocycles. The van der Waals surface area contributed by atoms with Gasteiger partial charge in [-0.05, 0) is 30.9 Å². The Bertz CT molecular complexity index is 928. The predicted octanol–water partition coefficient (Wildman–Crippen LogP) is 4.08. The molecule has 6 nitrogen and oxygen atoms in total. The molecule has 0 bridgehead atoms. The van der Waals surface area contributed by atoms with E-state index in [4.69, 9.17) is 16.0 Å². The third-order valence-corrected chi connectivity index (χ3v) is 5.09. The van der Waals surface area contributed by atoms with Gasteiger partial charge in [0, 0.05) is 30.4 Å². The number of oxazole rings is 1. The third kappa shape index (κ3) is 3.85. The summed E-state index contributed by atoms with van der Waals surface area (Å²) in [6, 6.07) is 7.48. The zero-order valence-corrected chi connectivity index (χ0v) is 15.5. The second kappa shape index (κ2) is 7.88. The molecule has 4 rings (SSSR count). The number of carbonyl (C=O) groups is 1. The average molecular weight is 383 g/mol. The van der Waals surface area contributed by atoms with E-state index in [9.17, 15) is 4.79 Å². The molecule has 3 aromatic rings. The fourth-order valence-electron chi connectivity index (χ4n) is 3.38. The van der Waals surface area contributed by atoms with Gasteiger partial charge in [0.2, 0.25) is 5.89 Å². The lowest BCUT2D eigenvalue weighted by atomic mass is 10.0. The molecule has 1 atom stereocenters.